The molecule has 0 atom stereocenters. The van der Waals surface area contributed by atoms with Crippen molar-refractivity contribution in [3.63, 3.8) is 0 Å². The molecule has 3 aromatic carbocycles. The van der Waals surface area contributed by atoms with Crippen molar-refractivity contribution in [3.8, 4) is 0 Å². The van der Waals surface area contributed by atoms with Gasteiger partial charge in [-0.05, 0) is 40.4 Å². The molecule has 0 aromatic heterocycles. The zero-order chi connectivity index (χ0) is 20.1. The Balaban J connectivity index is 2.17. The maximum Gasteiger partial charge on any atom is 0.241 e. The van der Waals surface area contributed by atoms with Gasteiger partial charge in [0, 0.05) is 6.54 Å². The highest BCUT2D eigenvalue weighted by atomic mass is 15.0. The van der Waals surface area contributed by atoms with E-state index in [1.807, 2.05) is 0 Å². The third-order valence-corrected chi connectivity index (χ3v) is 5.19. The molecule has 0 spiro atoms. The van der Waals surface area contributed by atoms with Crippen LogP contribution in [0.2, 0.25) is 0 Å². The lowest BCUT2D eigenvalue weighted by molar-refractivity contribution is 0.457. The number of likely N-dealkylation sites (N-methyl/N-ethyl adjacent to an activating group) is 1. The molecule has 2 heteroatoms. The van der Waals surface area contributed by atoms with Crippen LogP contribution in [0.1, 0.15) is 22.3 Å². The molecule has 0 aliphatic carbocycles. The van der Waals surface area contributed by atoms with E-state index in [0.717, 1.165) is 6.54 Å². The first-order valence-corrected chi connectivity index (χ1v) is 9.99. The molecular weight excluding hydrogens is 337 g/mol. The fraction of sp³-hybridized carbons (Fsp3) is 0.231. The van der Waals surface area contributed by atoms with E-state index in [2.05, 4.69) is 119 Å². The lowest BCUT2D eigenvalue weighted by Crippen LogP contribution is -2.43. The number of hydrogen-bond acceptors (Lipinski definition) is 1. The van der Waals surface area contributed by atoms with Gasteiger partial charge in [-0.25, -0.2) is 0 Å². The summed E-state index contributed by atoms with van der Waals surface area (Å²) in [5.74, 6) is 0. The largest absolute Gasteiger partial charge is 0.306 e. The Morgan fingerprint density at radius 2 is 1.07 bits per heavy atom. The second-order valence-electron chi connectivity index (χ2n) is 8.04. The van der Waals surface area contributed by atoms with Crippen molar-refractivity contribution in [2.45, 2.75) is 20.8 Å². The first kappa shape index (κ1) is 20.2. The number of nitrogens with zero attached hydrogens (tertiary/aromatic N) is 1. The number of rotatable bonds is 6. The predicted octanol–water partition coefficient (Wildman–Crippen LogP) is 4.41. The van der Waals surface area contributed by atoms with Gasteiger partial charge in [-0.3, -0.25) is 0 Å². The third-order valence-electron chi connectivity index (χ3n) is 5.19. The van der Waals surface area contributed by atoms with Crippen molar-refractivity contribution in [3.05, 3.63) is 101 Å². The van der Waals surface area contributed by atoms with Crippen molar-refractivity contribution in [2.75, 3.05) is 20.6 Å². The van der Waals surface area contributed by atoms with E-state index < -0.39 is 0 Å². The van der Waals surface area contributed by atoms with Crippen LogP contribution in [0.3, 0.4) is 0 Å². The minimum Gasteiger partial charge on any atom is -0.306 e. The Morgan fingerprint density at radius 3 is 1.46 bits per heavy atom. The molecule has 0 radical (unpaired) electrons. The summed E-state index contributed by atoms with van der Waals surface area (Å²) in [5, 5.41) is 0. The van der Waals surface area contributed by atoms with E-state index in [-0.39, 0.29) is 6.71 Å². The SMILES string of the molecule is Cc1ccc(B(/C(=C\CN(C)C)c2ccc(C)cc2)c2ccc(C)cc2)cc1. The second-order valence-corrected chi connectivity index (χ2v) is 8.04. The van der Waals surface area contributed by atoms with Crippen LogP contribution < -0.4 is 10.9 Å². The van der Waals surface area contributed by atoms with Crippen LogP contribution in [0.25, 0.3) is 5.47 Å². The highest BCUT2D eigenvalue weighted by Crippen LogP contribution is 2.20. The molecule has 0 aliphatic rings. The zero-order valence-corrected chi connectivity index (χ0v) is 17.7. The van der Waals surface area contributed by atoms with E-state index in [0.29, 0.717) is 0 Å². The molecule has 0 N–H and O–H groups in total. The molecule has 1 nitrogen and oxygen atoms in total. The van der Waals surface area contributed by atoms with Crippen molar-refractivity contribution < 1.29 is 0 Å². The standard InChI is InChI=1S/C26H30BN/c1-20-6-12-23(13-7-20)26(18-19-28(4)5)27(24-14-8-21(2)9-15-24)25-16-10-22(3)11-17-25/h6-18H,19H2,1-5H3/b26-18-. The Kier molecular flexibility index (Phi) is 6.54. The molecule has 0 fully saturated rings. The van der Waals surface area contributed by atoms with Gasteiger partial charge in [-0.2, -0.15) is 0 Å². The molecule has 0 aliphatic heterocycles. The Hall–Kier alpha value is -2.58. The Morgan fingerprint density at radius 1 is 0.679 bits per heavy atom. The monoisotopic (exact) mass is 367 g/mol. The molecule has 3 rings (SSSR count). The predicted molar refractivity (Wildman–Crippen MR) is 125 cm³/mol. The minimum absolute atomic E-state index is 0.212. The summed E-state index contributed by atoms with van der Waals surface area (Å²) in [6.45, 7) is 7.56. The minimum atomic E-state index is 0.212. The average molecular weight is 367 g/mol. The van der Waals surface area contributed by atoms with E-state index in [4.69, 9.17) is 0 Å². The number of hydrogen-bond donors (Lipinski definition) is 0. The van der Waals surface area contributed by atoms with E-state index >= 15 is 0 Å². The number of benzene rings is 3. The van der Waals surface area contributed by atoms with Gasteiger partial charge in [-0.15, -0.1) is 0 Å². The molecule has 142 valence electrons. The van der Waals surface area contributed by atoms with Crippen LogP contribution in [-0.2, 0) is 0 Å². The topological polar surface area (TPSA) is 3.24 Å². The zero-order valence-electron chi connectivity index (χ0n) is 17.7. The molecule has 3 aromatic rings. The lowest BCUT2D eigenvalue weighted by atomic mass is 9.35. The summed E-state index contributed by atoms with van der Waals surface area (Å²) in [4.78, 5) is 2.22. The van der Waals surface area contributed by atoms with Crippen LogP contribution in [0, 0.1) is 20.8 Å². The third kappa shape index (κ3) is 5.02. The van der Waals surface area contributed by atoms with Gasteiger partial charge in [-0.1, -0.05) is 112 Å². The van der Waals surface area contributed by atoms with Gasteiger partial charge < -0.3 is 4.90 Å². The maximum absolute atomic E-state index is 2.38. The van der Waals surface area contributed by atoms with Crippen LogP contribution in [0.15, 0.2) is 78.9 Å². The van der Waals surface area contributed by atoms with Gasteiger partial charge in [0.1, 0.15) is 0 Å². The fourth-order valence-electron chi connectivity index (χ4n) is 3.50. The highest BCUT2D eigenvalue weighted by molar-refractivity contribution is 6.99. The van der Waals surface area contributed by atoms with E-state index in [9.17, 15) is 0 Å². The molecule has 0 unspecified atom stereocenters. The summed E-state index contributed by atoms with van der Waals surface area (Å²) in [5.41, 5.74) is 9.19. The van der Waals surface area contributed by atoms with Gasteiger partial charge in [0.15, 0.2) is 0 Å². The molecule has 0 bridgehead atoms. The van der Waals surface area contributed by atoms with Gasteiger partial charge in [0.05, 0.1) is 0 Å². The summed E-state index contributed by atoms with van der Waals surface area (Å²) in [6.07, 6.45) is 2.38. The van der Waals surface area contributed by atoms with Crippen LogP contribution in [0.4, 0.5) is 0 Å². The Bertz CT molecular complexity index is 874. The van der Waals surface area contributed by atoms with Crippen molar-refractivity contribution in [1.29, 1.82) is 0 Å². The maximum atomic E-state index is 2.38. The summed E-state index contributed by atoms with van der Waals surface area (Å²) in [7, 11) is 4.24. The highest BCUT2D eigenvalue weighted by Gasteiger charge is 2.25. The molecular formula is C26H30BN. The summed E-state index contributed by atoms with van der Waals surface area (Å²) in [6, 6.07) is 26.9. The van der Waals surface area contributed by atoms with E-state index in [1.54, 1.807) is 0 Å². The second kappa shape index (κ2) is 9.08. The van der Waals surface area contributed by atoms with E-state index in [1.165, 1.54) is 38.7 Å². The van der Waals surface area contributed by atoms with Crippen LogP contribution in [-0.4, -0.2) is 32.3 Å². The van der Waals surface area contributed by atoms with Crippen LogP contribution >= 0.6 is 0 Å². The quantitative estimate of drug-likeness (QED) is 0.584. The average Bonchev–Trinajstić information content (AvgIpc) is 2.68. The van der Waals surface area contributed by atoms with Gasteiger partial charge in [0.25, 0.3) is 0 Å². The normalized spacial score (nSPS) is 11.7. The molecule has 28 heavy (non-hydrogen) atoms. The smallest absolute Gasteiger partial charge is 0.241 e. The molecule has 0 amide bonds. The molecule has 0 heterocycles. The summed E-state index contributed by atoms with van der Waals surface area (Å²) < 4.78 is 0. The number of aryl methyl sites for hydroxylation is 3. The van der Waals surface area contributed by atoms with Gasteiger partial charge >= 0.3 is 0 Å². The van der Waals surface area contributed by atoms with Crippen molar-refractivity contribution in [2.24, 2.45) is 0 Å². The van der Waals surface area contributed by atoms with Crippen molar-refractivity contribution >= 4 is 23.1 Å². The fourth-order valence-corrected chi connectivity index (χ4v) is 3.50. The van der Waals surface area contributed by atoms with Gasteiger partial charge in [0.2, 0.25) is 6.71 Å². The molecule has 0 saturated carbocycles. The molecule has 0 saturated heterocycles. The lowest BCUT2D eigenvalue weighted by Gasteiger charge is -2.21. The Labute approximate surface area is 170 Å². The van der Waals surface area contributed by atoms with Crippen molar-refractivity contribution in [1.82, 2.24) is 4.90 Å². The first-order valence-electron chi connectivity index (χ1n) is 9.99. The van der Waals surface area contributed by atoms with Crippen LogP contribution in [0.5, 0.6) is 0 Å². The first-order chi connectivity index (χ1) is 13.4. The summed E-state index contributed by atoms with van der Waals surface area (Å²) >= 11 is 0.